The number of halogens is 7. The van der Waals surface area contributed by atoms with Crippen molar-refractivity contribution in [2.45, 2.75) is 24.6 Å². The number of benzene rings is 1. The van der Waals surface area contributed by atoms with Crippen molar-refractivity contribution in [3.63, 3.8) is 0 Å². The van der Waals surface area contributed by atoms with Gasteiger partial charge in [-0.3, -0.25) is 0 Å². The SMILES string of the molecule is C=CCc1cc(/C=N/NC(F)(F)C(F)(F)C(F)(F)F)cc(OC)c1OC. The maximum absolute atomic E-state index is 13.1. The van der Waals surface area contributed by atoms with Crippen LogP contribution in [0, 0.1) is 0 Å². The molecule has 0 aromatic heterocycles. The van der Waals surface area contributed by atoms with Crippen molar-refractivity contribution in [2.24, 2.45) is 5.10 Å². The molecule has 0 aliphatic heterocycles. The van der Waals surface area contributed by atoms with Crippen LogP contribution in [0.1, 0.15) is 11.1 Å². The topological polar surface area (TPSA) is 42.9 Å². The number of nitrogens with one attached hydrogen (secondary N) is 1. The van der Waals surface area contributed by atoms with Gasteiger partial charge in [-0.15, -0.1) is 6.58 Å². The van der Waals surface area contributed by atoms with E-state index in [4.69, 9.17) is 9.47 Å². The van der Waals surface area contributed by atoms with Gasteiger partial charge in [-0.25, -0.2) is 5.43 Å². The van der Waals surface area contributed by atoms with Gasteiger partial charge in [0.05, 0.1) is 20.4 Å². The minimum atomic E-state index is -6.44. The molecule has 0 bridgehead atoms. The van der Waals surface area contributed by atoms with E-state index in [9.17, 15) is 30.7 Å². The van der Waals surface area contributed by atoms with Crippen LogP contribution >= 0.6 is 0 Å². The van der Waals surface area contributed by atoms with Gasteiger partial charge in [0.15, 0.2) is 11.5 Å². The van der Waals surface area contributed by atoms with Gasteiger partial charge in [0.2, 0.25) is 0 Å². The molecule has 0 fully saturated rings. The van der Waals surface area contributed by atoms with Crippen LogP contribution in [0.2, 0.25) is 0 Å². The number of alkyl halides is 7. The standard InChI is InChI=1S/C15H15F7N2O2/c1-4-5-10-6-9(7-11(25-2)12(10)26-3)8-23-24-15(21,22)13(16,17)14(18,19)20/h4,6-8,24H,1,5H2,2-3H3/b23-8+. The molecule has 0 aliphatic carbocycles. The molecule has 0 heterocycles. The highest BCUT2D eigenvalue weighted by Gasteiger charge is 2.73. The van der Waals surface area contributed by atoms with E-state index < -0.39 is 18.1 Å². The second kappa shape index (κ2) is 7.83. The third kappa shape index (κ3) is 4.38. The summed E-state index contributed by atoms with van der Waals surface area (Å²) in [6.07, 6.45) is -4.00. The van der Waals surface area contributed by atoms with E-state index in [2.05, 4.69) is 11.7 Å². The summed E-state index contributed by atoms with van der Waals surface area (Å²) in [5.41, 5.74) is 1.15. The second-order valence-corrected chi connectivity index (χ2v) is 4.92. The number of nitrogens with zero attached hydrogens (tertiary/aromatic N) is 1. The summed E-state index contributed by atoms with van der Waals surface area (Å²) >= 11 is 0. The number of methoxy groups -OCH3 is 2. The van der Waals surface area contributed by atoms with E-state index in [1.54, 1.807) is 0 Å². The van der Waals surface area contributed by atoms with E-state index in [1.165, 1.54) is 32.4 Å². The molecule has 0 amide bonds. The van der Waals surface area contributed by atoms with Gasteiger partial charge < -0.3 is 9.47 Å². The lowest BCUT2D eigenvalue weighted by molar-refractivity contribution is -0.361. The molecule has 11 heteroatoms. The molecule has 0 atom stereocenters. The molecule has 0 spiro atoms. The minimum absolute atomic E-state index is 0.0955. The lowest BCUT2D eigenvalue weighted by Crippen LogP contribution is -2.58. The lowest BCUT2D eigenvalue weighted by Gasteiger charge is -2.27. The number of ether oxygens (including phenoxy) is 2. The van der Waals surface area contributed by atoms with Crippen molar-refractivity contribution in [1.82, 2.24) is 5.43 Å². The summed E-state index contributed by atoms with van der Waals surface area (Å²) in [4.78, 5) is 0. The first kappa shape index (κ1) is 21.6. The first-order chi connectivity index (χ1) is 11.9. The van der Waals surface area contributed by atoms with Gasteiger partial charge in [0, 0.05) is 5.56 Å². The van der Waals surface area contributed by atoms with E-state index in [-0.39, 0.29) is 17.7 Å². The van der Waals surface area contributed by atoms with Gasteiger partial charge >= 0.3 is 18.1 Å². The molecule has 0 aliphatic rings. The van der Waals surface area contributed by atoms with Crippen molar-refractivity contribution >= 4 is 6.21 Å². The Hall–Kier alpha value is -2.46. The van der Waals surface area contributed by atoms with Crippen LogP contribution in [0.15, 0.2) is 29.9 Å². The highest BCUT2D eigenvalue weighted by molar-refractivity contribution is 5.81. The Kier molecular flexibility index (Phi) is 6.50. The summed E-state index contributed by atoms with van der Waals surface area (Å²) in [5, 5.41) is 2.80. The fourth-order valence-electron chi connectivity index (χ4n) is 1.88. The van der Waals surface area contributed by atoms with Crippen LogP contribution in [0.25, 0.3) is 0 Å². The van der Waals surface area contributed by atoms with E-state index >= 15 is 0 Å². The van der Waals surface area contributed by atoms with E-state index in [0.29, 0.717) is 23.0 Å². The summed E-state index contributed by atoms with van der Waals surface area (Å²) in [5.74, 6) is -5.80. The predicted octanol–water partition coefficient (Wildman–Crippen LogP) is 4.15. The molecular formula is C15H15F7N2O2. The first-order valence-corrected chi connectivity index (χ1v) is 6.89. The summed E-state index contributed by atoms with van der Waals surface area (Å²) < 4.78 is 98.0. The molecule has 1 aromatic rings. The summed E-state index contributed by atoms with van der Waals surface area (Å²) in [6, 6.07) is -2.97. The fourth-order valence-corrected chi connectivity index (χ4v) is 1.88. The minimum Gasteiger partial charge on any atom is -0.493 e. The van der Waals surface area contributed by atoms with Crippen molar-refractivity contribution in [2.75, 3.05) is 14.2 Å². The van der Waals surface area contributed by atoms with Crippen LogP contribution in [0.3, 0.4) is 0 Å². The zero-order chi connectivity index (χ0) is 20.2. The normalized spacial score (nSPS) is 13.0. The van der Waals surface area contributed by atoms with Gasteiger partial charge in [-0.1, -0.05) is 6.08 Å². The van der Waals surface area contributed by atoms with Crippen LogP contribution in [-0.4, -0.2) is 38.6 Å². The van der Waals surface area contributed by atoms with Crippen LogP contribution < -0.4 is 14.9 Å². The maximum atomic E-state index is 13.1. The van der Waals surface area contributed by atoms with E-state index in [1.807, 2.05) is 0 Å². The van der Waals surface area contributed by atoms with Crippen molar-refractivity contribution in [1.29, 1.82) is 0 Å². The largest absolute Gasteiger partial charge is 0.493 e. The van der Waals surface area contributed by atoms with Gasteiger partial charge in [-0.05, 0) is 24.1 Å². The smallest absolute Gasteiger partial charge is 0.462 e. The Morgan fingerprint density at radius 1 is 1.08 bits per heavy atom. The molecular weight excluding hydrogens is 373 g/mol. The molecule has 1 rings (SSSR count). The molecule has 146 valence electrons. The monoisotopic (exact) mass is 388 g/mol. The first-order valence-electron chi connectivity index (χ1n) is 6.89. The Morgan fingerprint density at radius 2 is 1.69 bits per heavy atom. The predicted molar refractivity (Wildman–Crippen MR) is 80.1 cm³/mol. The van der Waals surface area contributed by atoms with Crippen molar-refractivity contribution in [3.8, 4) is 11.5 Å². The number of hydrogen-bond donors (Lipinski definition) is 1. The molecule has 1 aromatic carbocycles. The highest BCUT2D eigenvalue weighted by Crippen LogP contribution is 2.45. The van der Waals surface area contributed by atoms with Crippen molar-refractivity contribution < 1.29 is 40.2 Å². The maximum Gasteiger partial charge on any atom is 0.462 e. The number of rotatable bonds is 8. The van der Waals surface area contributed by atoms with Gasteiger partial charge in [-0.2, -0.15) is 35.8 Å². The molecule has 0 saturated heterocycles. The molecule has 0 saturated carbocycles. The quantitative estimate of drug-likeness (QED) is 0.239. The van der Waals surface area contributed by atoms with Gasteiger partial charge in [0.1, 0.15) is 0 Å². The lowest BCUT2D eigenvalue weighted by atomic mass is 10.1. The zero-order valence-electron chi connectivity index (χ0n) is 13.6. The number of hydrazone groups is 1. The highest BCUT2D eigenvalue weighted by atomic mass is 19.4. The third-order valence-electron chi connectivity index (χ3n) is 3.11. The van der Waals surface area contributed by atoms with Crippen LogP contribution in [0.4, 0.5) is 30.7 Å². The molecule has 4 nitrogen and oxygen atoms in total. The summed E-state index contributed by atoms with van der Waals surface area (Å²) in [7, 11) is 2.66. The molecule has 0 unspecified atom stereocenters. The van der Waals surface area contributed by atoms with Crippen LogP contribution in [0.5, 0.6) is 11.5 Å². The number of allylic oxidation sites excluding steroid dienone is 1. The fraction of sp³-hybridized carbons (Fsp3) is 0.400. The van der Waals surface area contributed by atoms with Crippen molar-refractivity contribution in [3.05, 3.63) is 35.9 Å². The number of hydrogen-bond acceptors (Lipinski definition) is 4. The molecule has 0 radical (unpaired) electrons. The second-order valence-electron chi connectivity index (χ2n) is 4.92. The molecule has 1 N–H and O–H groups in total. The zero-order valence-corrected chi connectivity index (χ0v) is 13.6. The Bertz CT molecular complexity index is 673. The Morgan fingerprint density at radius 3 is 2.15 bits per heavy atom. The van der Waals surface area contributed by atoms with E-state index in [0.717, 1.165) is 0 Å². The third-order valence-corrected chi connectivity index (χ3v) is 3.11. The Labute approximate surface area is 144 Å². The summed E-state index contributed by atoms with van der Waals surface area (Å²) in [6.45, 7) is 3.53. The molecule has 26 heavy (non-hydrogen) atoms. The average molecular weight is 388 g/mol. The van der Waals surface area contributed by atoms with Crippen LogP contribution in [-0.2, 0) is 6.42 Å². The van der Waals surface area contributed by atoms with Gasteiger partial charge in [0.25, 0.3) is 0 Å². The Balaban J connectivity index is 3.12. The average Bonchev–Trinajstić information content (AvgIpc) is 2.53.